The predicted molar refractivity (Wildman–Crippen MR) is 94.9 cm³/mol. The van der Waals surface area contributed by atoms with E-state index < -0.39 is 12.0 Å². The number of hydrogen-bond donors (Lipinski definition) is 3. The number of hydrogen-bond acceptors (Lipinski definition) is 6. The van der Waals surface area contributed by atoms with Gasteiger partial charge in [-0.05, 0) is 29.2 Å². The fraction of sp³-hybridized carbons (Fsp3) is 0.118. The van der Waals surface area contributed by atoms with Crippen molar-refractivity contribution in [1.82, 2.24) is 14.8 Å². The second-order valence-electron chi connectivity index (χ2n) is 5.54. The van der Waals surface area contributed by atoms with Crippen LogP contribution >= 0.6 is 11.8 Å². The Labute approximate surface area is 147 Å². The van der Waals surface area contributed by atoms with Crippen LogP contribution in [0.2, 0.25) is 0 Å². The highest BCUT2D eigenvalue weighted by Gasteiger charge is 2.29. The van der Waals surface area contributed by atoms with E-state index in [1.54, 1.807) is 10.7 Å². The van der Waals surface area contributed by atoms with Crippen LogP contribution in [0.15, 0.2) is 53.3 Å². The SMILES string of the molecule is CSc1nc2n(n1)C(c1c(O)ccc3ccccc13)C=C(C(=O)O)N2. The van der Waals surface area contributed by atoms with Gasteiger partial charge < -0.3 is 15.5 Å². The zero-order valence-electron chi connectivity index (χ0n) is 13.2. The van der Waals surface area contributed by atoms with E-state index in [9.17, 15) is 15.0 Å². The quantitative estimate of drug-likeness (QED) is 0.622. The number of nitrogens with zero attached hydrogens (tertiary/aromatic N) is 3. The first-order valence-corrected chi connectivity index (χ1v) is 8.74. The number of aromatic hydroxyl groups is 1. The van der Waals surface area contributed by atoms with Gasteiger partial charge >= 0.3 is 5.97 Å². The van der Waals surface area contributed by atoms with Crippen molar-refractivity contribution < 1.29 is 15.0 Å². The average molecular weight is 354 g/mol. The third-order valence-electron chi connectivity index (χ3n) is 4.10. The first kappa shape index (κ1) is 15.5. The summed E-state index contributed by atoms with van der Waals surface area (Å²) in [6.45, 7) is 0. The monoisotopic (exact) mass is 354 g/mol. The van der Waals surface area contributed by atoms with Crippen molar-refractivity contribution >= 4 is 34.5 Å². The Balaban J connectivity index is 1.99. The lowest BCUT2D eigenvalue weighted by atomic mass is 9.96. The van der Waals surface area contributed by atoms with Crippen LogP contribution in [0, 0.1) is 0 Å². The van der Waals surface area contributed by atoms with Crippen LogP contribution < -0.4 is 5.32 Å². The summed E-state index contributed by atoms with van der Waals surface area (Å²) in [6, 6.07) is 10.5. The number of benzene rings is 2. The molecule has 3 N–H and O–H groups in total. The minimum Gasteiger partial charge on any atom is -0.508 e. The zero-order chi connectivity index (χ0) is 17.6. The fourth-order valence-electron chi connectivity index (χ4n) is 2.99. The van der Waals surface area contributed by atoms with E-state index in [0.717, 1.165) is 10.8 Å². The van der Waals surface area contributed by atoms with Gasteiger partial charge in [0.15, 0.2) is 0 Å². The Kier molecular flexibility index (Phi) is 3.61. The first-order chi connectivity index (χ1) is 12.1. The van der Waals surface area contributed by atoms with Crippen molar-refractivity contribution in [3.63, 3.8) is 0 Å². The van der Waals surface area contributed by atoms with E-state index in [4.69, 9.17) is 0 Å². The molecule has 0 saturated heterocycles. The Morgan fingerprint density at radius 1 is 1.28 bits per heavy atom. The highest BCUT2D eigenvalue weighted by molar-refractivity contribution is 7.98. The molecule has 1 aromatic heterocycles. The molecule has 0 radical (unpaired) electrons. The molecule has 1 unspecified atom stereocenters. The summed E-state index contributed by atoms with van der Waals surface area (Å²) in [5.74, 6) is -0.676. The fourth-order valence-corrected chi connectivity index (χ4v) is 3.33. The standard InChI is InChI=1S/C17H14N4O3S/c1-25-17-19-16-18-11(15(23)24)8-12(21(16)20-17)14-10-5-3-2-4-9(10)6-7-13(14)22/h2-8,12,22H,1H3,(H,23,24)(H,18,19,20). The third-order valence-corrected chi connectivity index (χ3v) is 4.64. The third kappa shape index (κ3) is 2.51. The van der Waals surface area contributed by atoms with Gasteiger partial charge in [0.05, 0.1) is 0 Å². The van der Waals surface area contributed by atoms with Crippen molar-refractivity contribution in [2.75, 3.05) is 11.6 Å². The van der Waals surface area contributed by atoms with Crippen LogP contribution in [0.25, 0.3) is 10.8 Å². The number of fused-ring (bicyclic) bond motifs is 2. The number of carboxylic acids is 1. The molecule has 0 amide bonds. The van der Waals surface area contributed by atoms with Gasteiger partial charge in [-0.25, -0.2) is 9.48 Å². The average Bonchev–Trinajstić information content (AvgIpc) is 3.04. The second-order valence-corrected chi connectivity index (χ2v) is 6.31. The molecule has 1 aliphatic heterocycles. The Morgan fingerprint density at radius 2 is 2.08 bits per heavy atom. The number of anilines is 1. The van der Waals surface area contributed by atoms with Crippen molar-refractivity contribution in [2.24, 2.45) is 0 Å². The summed E-state index contributed by atoms with van der Waals surface area (Å²) < 4.78 is 1.60. The molecule has 4 rings (SSSR count). The lowest BCUT2D eigenvalue weighted by Crippen LogP contribution is -2.24. The molecule has 126 valence electrons. The van der Waals surface area contributed by atoms with Crippen LogP contribution in [0.4, 0.5) is 5.95 Å². The molecule has 1 atom stereocenters. The van der Waals surface area contributed by atoms with Crippen molar-refractivity contribution in [2.45, 2.75) is 11.2 Å². The van der Waals surface area contributed by atoms with Gasteiger partial charge in [-0.3, -0.25) is 0 Å². The summed E-state index contributed by atoms with van der Waals surface area (Å²) in [7, 11) is 0. The van der Waals surface area contributed by atoms with Crippen molar-refractivity contribution in [3.05, 3.63) is 53.7 Å². The van der Waals surface area contributed by atoms with Crippen LogP contribution in [0.5, 0.6) is 5.75 Å². The number of phenolic OH excluding ortho intramolecular Hbond substituents is 1. The van der Waals surface area contributed by atoms with E-state index in [-0.39, 0.29) is 11.4 Å². The number of thioether (sulfide) groups is 1. The molecular weight excluding hydrogens is 340 g/mol. The Bertz CT molecular complexity index is 1030. The largest absolute Gasteiger partial charge is 0.508 e. The molecule has 1 aliphatic rings. The van der Waals surface area contributed by atoms with E-state index in [0.29, 0.717) is 16.7 Å². The molecule has 0 spiro atoms. The number of nitrogens with one attached hydrogen (secondary N) is 1. The zero-order valence-corrected chi connectivity index (χ0v) is 14.0. The molecule has 25 heavy (non-hydrogen) atoms. The van der Waals surface area contributed by atoms with Gasteiger partial charge in [0.25, 0.3) is 0 Å². The molecule has 7 nitrogen and oxygen atoms in total. The summed E-state index contributed by atoms with van der Waals surface area (Å²) in [5, 5.41) is 29.4. The van der Waals surface area contributed by atoms with E-state index in [1.807, 2.05) is 36.6 Å². The summed E-state index contributed by atoms with van der Waals surface area (Å²) in [5.41, 5.74) is 0.599. The van der Waals surface area contributed by atoms with Gasteiger partial charge in [-0.1, -0.05) is 42.1 Å². The number of allylic oxidation sites excluding steroid dienone is 1. The molecule has 0 bridgehead atoms. The highest BCUT2D eigenvalue weighted by atomic mass is 32.2. The molecule has 8 heteroatoms. The smallest absolute Gasteiger partial charge is 0.352 e. The lowest BCUT2D eigenvalue weighted by molar-refractivity contribution is -0.132. The normalized spacial score (nSPS) is 16.2. The summed E-state index contributed by atoms with van der Waals surface area (Å²) >= 11 is 1.36. The lowest BCUT2D eigenvalue weighted by Gasteiger charge is -2.24. The number of carbonyl (C=O) groups is 1. The first-order valence-electron chi connectivity index (χ1n) is 7.52. The minimum absolute atomic E-state index is 0.00453. The van der Waals surface area contributed by atoms with Crippen LogP contribution in [-0.4, -0.2) is 37.2 Å². The van der Waals surface area contributed by atoms with Crippen molar-refractivity contribution in [1.29, 1.82) is 0 Å². The van der Waals surface area contributed by atoms with Crippen LogP contribution in [-0.2, 0) is 4.79 Å². The number of aromatic nitrogens is 3. The molecule has 0 aliphatic carbocycles. The topological polar surface area (TPSA) is 100 Å². The second kappa shape index (κ2) is 5.82. The highest BCUT2D eigenvalue weighted by Crippen LogP contribution is 2.38. The minimum atomic E-state index is -1.09. The van der Waals surface area contributed by atoms with Gasteiger partial charge in [0.2, 0.25) is 11.1 Å². The maximum Gasteiger partial charge on any atom is 0.352 e. The van der Waals surface area contributed by atoms with E-state index in [1.165, 1.54) is 17.8 Å². The number of rotatable bonds is 3. The number of aliphatic carboxylic acids is 1. The number of phenols is 1. The van der Waals surface area contributed by atoms with Crippen LogP contribution in [0.3, 0.4) is 0 Å². The van der Waals surface area contributed by atoms with Gasteiger partial charge in [-0.15, -0.1) is 5.10 Å². The van der Waals surface area contributed by atoms with Gasteiger partial charge in [0.1, 0.15) is 17.5 Å². The maximum absolute atomic E-state index is 11.5. The molecule has 3 aromatic rings. The summed E-state index contributed by atoms with van der Waals surface area (Å²) in [6.07, 6.45) is 3.38. The van der Waals surface area contributed by atoms with Gasteiger partial charge in [0, 0.05) is 5.56 Å². The molecule has 0 saturated carbocycles. The van der Waals surface area contributed by atoms with E-state index >= 15 is 0 Å². The van der Waals surface area contributed by atoms with Crippen LogP contribution in [0.1, 0.15) is 11.6 Å². The summed E-state index contributed by atoms with van der Waals surface area (Å²) in [4.78, 5) is 15.8. The Morgan fingerprint density at radius 3 is 2.84 bits per heavy atom. The number of carboxylic acid groups (broad SMARTS) is 1. The maximum atomic E-state index is 11.5. The molecule has 2 heterocycles. The van der Waals surface area contributed by atoms with Crippen molar-refractivity contribution in [3.8, 4) is 5.75 Å². The molecular formula is C17H14N4O3S. The molecule has 2 aromatic carbocycles. The van der Waals surface area contributed by atoms with E-state index in [2.05, 4.69) is 15.4 Å². The predicted octanol–water partition coefficient (Wildman–Crippen LogP) is 2.84. The van der Waals surface area contributed by atoms with Gasteiger partial charge in [-0.2, -0.15) is 4.98 Å². The Hall–Kier alpha value is -3.00. The molecule has 0 fully saturated rings.